The second-order valence-corrected chi connectivity index (χ2v) is 5.97. The van der Waals surface area contributed by atoms with Gasteiger partial charge in [-0.3, -0.25) is 9.78 Å². The van der Waals surface area contributed by atoms with Crippen molar-refractivity contribution in [3.05, 3.63) is 72.7 Å². The zero-order valence-electron chi connectivity index (χ0n) is 14.7. The molecule has 7 nitrogen and oxygen atoms in total. The molecule has 0 aliphatic rings. The summed E-state index contributed by atoms with van der Waals surface area (Å²) in [4.78, 5) is 20.9. The van der Waals surface area contributed by atoms with Crippen LogP contribution in [-0.4, -0.2) is 32.1 Å². The predicted molar refractivity (Wildman–Crippen MR) is 102 cm³/mol. The van der Waals surface area contributed by atoms with Crippen molar-refractivity contribution >= 4 is 17.2 Å². The molecule has 0 saturated heterocycles. The fraction of sp³-hybridized carbons (Fsp3) is 0.100. The number of fused-ring (bicyclic) bond motifs is 1. The van der Waals surface area contributed by atoms with Gasteiger partial charge in [-0.15, -0.1) is 5.10 Å². The molecule has 1 amide bonds. The van der Waals surface area contributed by atoms with Crippen molar-refractivity contribution in [2.24, 2.45) is 0 Å². The molecule has 4 aromatic rings. The minimum Gasteiger partial charge on any atom is -0.483 e. The molecule has 7 heteroatoms. The van der Waals surface area contributed by atoms with Gasteiger partial charge in [-0.05, 0) is 42.8 Å². The van der Waals surface area contributed by atoms with Crippen molar-refractivity contribution in [1.29, 1.82) is 0 Å². The number of ether oxygens (including phenoxy) is 1. The van der Waals surface area contributed by atoms with Gasteiger partial charge in [0.25, 0.3) is 5.91 Å². The van der Waals surface area contributed by atoms with Crippen LogP contribution in [0.2, 0.25) is 0 Å². The average molecular weight is 359 g/mol. The van der Waals surface area contributed by atoms with Crippen LogP contribution in [0.5, 0.6) is 5.75 Å². The SMILES string of the molecule is Cc1ccccc1OCC(=O)Nc1cccn2nc(-c3cccnc3)nc12. The Bertz CT molecular complexity index is 1090. The van der Waals surface area contributed by atoms with Crippen LogP contribution in [0.3, 0.4) is 0 Å². The number of hydrogen-bond acceptors (Lipinski definition) is 5. The molecule has 0 radical (unpaired) electrons. The molecule has 0 aliphatic carbocycles. The number of nitrogens with one attached hydrogen (secondary N) is 1. The smallest absolute Gasteiger partial charge is 0.262 e. The normalized spacial score (nSPS) is 10.7. The Morgan fingerprint density at radius 3 is 2.85 bits per heavy atom. The number of aromatic nitrogens is 4. The van der Waals surface area contributed by atoms with Gasteiger partial charge in [0, 0.05) is 24.2 Å². The topological polar surface area (TPSA) is 81.4 Å². The number of rotatable bonds is 5. The Morgan fingerprint density at radius 2 is 2.04 bits per heavy atom. The highest BCUT2D eigenvalue weighted by Crippen LogP contribution is 2.20. The molecule has 4 rings (SSSR count). The Balaban J connectivity index is 1.52. The number of hydrogen-bond donors (Lipinski definition) is 1. The molecule has 0 bridgehead atoms. The van der Waals surface area contributed by atoms with Crippen LogP contribution >= 0.6 is 0 Å². The summed E-state index contributed by atoms with van der Waals surface area (Å²) >= 11 is 0. The number of nitrogens with zero attached hydrogens (tertiary/aromatic N) is 4. The number of amides is 1. The molecule has 0 unspecified atom stereocenters. The molecule has 3 heterocycles. The van der Waals surface area contributed by atoms with Gasteiger partial charge in [0.1, 0.15) is 5.75 Å². The first-order valence-electron chi connectivity index (χ1n) is 8.45. The van der Waals surface area contributed by atoms with Gasteiger partial charge >= 0.3 is 0 Å². The monoisotopic (exact) mass is 359 g/mol. The lowest BCUT2D eigenvalue weighted by Crippen LogP contribution is -2.20. The van der Waals surface area contributed by atoms with Gasteiger partial charge in [0.05, 0.1) is 5.69 Å². The van der Waals surface area contributed by atoms with E-state index < -0.39 is 0 Å². The van der Waals surface area contributed by atoms with E-state index in [1.165, 1.54) is 0 Å². The van der Waals surface area contributed by atoms with Gasteiger partial charge in [-0.25, -0.2) is 9.50 Å². The molecule has 134 valence electrons. The van der Waals surface area contributed by atoms with Crippen LogP contribution in [0.15, 0.2) is 67.1 Å². The van der Waals surface area contributed by atoms with E-state index in [9.17, 15) is 4.79 Å². The third kappa shape index (κ3) is 3.62. The van der Waals surface area contributed by atoms with E-state index in [0.29, 0.717) is 22.9 Å². The van der Waals surface area contributed by atoms with E-state index in [2.05, 4.69) is 20.4 Å². The first-order valence-corrected chi connectivity index (χ1v) is 8.45. The number of pyridine rings is 2. The summed E-state index contributed by atoms with van der Waals surface area (Å²) in [5.41, 5.74) is 2.91. The third-order valence-corrected chi connectivity index (χ3v) is 4.01. The van der Waals surface area contributed by atoms with Gasteiger partial charge in [-0.2, -0.15) is 0 Å². The number of para-hydroxylation sites is 1. The number of anilines is 1. The Labute approximate surface area is 155 Å². The largest absolute Gasteiger partial charge is 0.483 e. The fourth-order valence-electron chi connectivity index (χ4n) is 2.67. The molecule has 0 spiro atoms. The van der Waals surface area contributed by atoms with Crippen LogP contribution in [-0.2, 0) is 4.79 Å². The van der Waals surface area contributed by atoms with Crippen molar-refractivity contribution < 1.29 is 9.53 Å². The summed E-state index contributed by atoms with van der Waals surface area (Å²) in [5.74, 6) is 0.963. The molecular weight excluding hydrogens is 342 g/mol. The van der Waals surface area contributed by atoms with Crippen molar-refractivity contribution in [3.63, 3.8) is 0 Å². The molecule has 27 heavy (non-hydrogen) atoms. The molecule has 0 fully saturated rings. The Morgan fingerprint density at radius 1 is 1.15 bits per heavy atom. The van der Waals surface area contributed by atoms with E-state index in [0.717, 1.165) is 11.1 Å². The first-order chi connectivity index (χ1) is 13.2. The van der Waals surface area contributed by atoms with Gasteiger partial charge in [0.2, 0.25) is 0 Å². The second kappa shape index (κ2) is 7.25. The van der Waals surface area contributed by atoms with Crippen LogP contribution in [0, 0.1) is 6.92 Å². The van der Waals surface area contributed by atoms with Crippen molar-refractivity contribution in [2.75, 3.05) is 11.9 Å². The van der Waals surface area contributed by atoms with E-state index in [4.69, 9.17) is 4.74 Å². The zero-order valence-corrected chi connectivity index (χ0v) is 14.7. The molecule has 3 aromatic heterocycles. The van der Waals surface area contributed by atoms with Crippen LogP contribution in [0.1, 0.15) is 5.56 Å². The summed E-state index contributed by atoms with van der Waals surface area (Å²) in [7, 11) is 0. The summed E-state index contributed by atoms with van der Waals surface area (Å²) in [6.45, 7) is 1.85. The third-order valence-electron chi connectivity index (χ3n) is 4.01. The van der Waals surface area contributed by atoms with Crippen molar-refractivity contribution in [3.8, 4) is 17.1 Å². The number of carbonyl (C=O) groups is 1. The maximum Gasteiger partial charge on any atom is 0.262 e. The predicted octanol–water partition coefficient (Wildman–Crippen LogP) is 3.12. The lowest BCUT2D eigenvalue weighted by molar-refractivity contribution is -0.118. The number of carbonyl (C=O) groups excluding carboxylic acids is 1. The minimum absolute atomic E-state index is 0.0878. The fourth-order valence-corrected chi connectivity index (χ4v) is 2.67. The number of aryl methyl sites for hydroxylation is 1. The van der Waals surface area contributed by atoms with Crippen molar-refractivity contribution in [1.82, 2.24) is 19.6 Å². The second-order valence-electron chi connectivity index (χ2n) is 5.97. The van der Waals surface area contributed by atoms with E-state index in [1.54, 1.807) is 35.2 Å². The Kier molecular flexibility index (Phi) is 4.49. The van der Waals surface area contributed by atoms with Crippen molar-refractivity contribution in [2.45, 2.75) is 6.92 Å². The Hall–Kier alpha value is -3.74. The molecule has 1 aromatic carbocycles. The van der Waals surface area contributed by atoms with Gasteiger partial charge in [-0.1, -0.05) is 18.2 Å². The van der Waals surface area contributed by atoms with Crippen LogP contribution in [0.4, 0.5) is 5.69 Å². The van der Waals surface area contributed by atoms with Crippen LogP contribution < -0.4 is 10.1 Å². The zero-order chi connectivity index (χ0) is 18.6. The number of benzene rings is 1. The summed E-state index contributed by atoms with van der Waals surface area (Å²) in [6, 6.07) is 14.9. The molecule has 0 atom stereocenters. The lowest BCUT2D eigenvalue weighted by atomic mass is 10.2. The van der Waals surface area contributed by atoms with Gasteiger partial charge < -0.3 is 10.1 Å². The highest BCUT2D eigenvalue weighted by molar-refractivity contribution is 5.95. The highest BCUT2D eigenvalue weighted by atomic mass is 16.5. The molecule has 0 saturated carbocycles. The summed E-state index contributed by atoms with van der Waals surface area (Å²) in [5, 5.41) is 7.28. The van der Waals surface area contributed by atoms with E-state index in [1.807, 2.05) is 43.3 Å². The van der Waals surface area contributed by atoms with Crippen LogP contribution in [0.25, 0.3) is 17.0 Å². The summed E-state index contributed by atoms with van der Waals surface area (Å²) < 4.78 is 7.22. The van der Waals surface area contributed by atoms with E-state index in [-0.39, 0.29) is 12.5 Å². The quantitative estimate of drug-likeness (QED) is 0.592. The average Bonchev–Trinajstić information content (AvgIpc) is 3.14. The maximum atomic E-state index is 12.3. The molecular formula is C20H17N5O2. The summed E-state index contributed by atoms with van der Waals surface area (Å²) in [6.07, 6.45) is 5.17. The maximum absolute atomic E-state index is 12.3. The van der Waals surface area contributed by atoms with E-state index >= 15 is 0 Å². The lowest BCUT2D eigenvalue weighted by Gasteiger charge is -2.09. The molecule has 0 aliphatic heterocycles. The highest BCUT2D eigenvalue weighted by Gasteiger charge is 2.12. The van der Waals surface area contributed by atoms with Gasteiger partial charge in [0.15, 0.2) is 18.1 Å². The first kappa shape index (κ1) is 16.7. The molecule has 1 N–H and O–H groups in total. The minimum atomic E-state index is -0.266. The standard InChI is InChI=1S/C20H17N5O2/c1-14-6-2-3-9-17(14)27-13-18(26)22-16-8-5-11-25-20(16)23-19(24-25)15-7-4-10-21-12-15/h2-12H,13H2,1H3,(H,22,26).